The monoisotopic (exact) mass is 240 g/mol. The lowest BCUT2D eigenvalue weighted by molar-refractivity contribution is -0.157. The third-order valence-corrected chi connectivity index (χ3v) is 2.63. The van der Waals surface area contributed by atoms with Crippen LogP contribution in [0.15, 0.2) is 16.8 Å². The van der Waals surface area contributed by atoms with Crippen molar-refractivity contribution in [3.8, 4) is 0 Å². The molecule has 0 aromatic rings. The summed E-state index contributed by atoms with van der Waals surface area (Å²) < 4.78 is 4.86. The van der Waals surface area contributed by atoms with Crippen molar-refractivity contribution in [2.45, 2.75) is 40.0 Å². The summed E-state index contributed by atoms with van der Waals surface area (Å²) in [5.74, 6) is -1.95. The summed E-state index contributed by atoms with van der Waals surface area (Å²) in [6.07, 6.45) is 1.72. The molecule has 0 aromatic heterocycles. The van der Waals surface area contributed by atoms with E-state index in [2.05, 4.69) is 4.99 Å². The molecule has 1 atom stereocenters. The lowest BCUT2D eigenvalue weighted by Crippen LogP contribution is -2.50. The fourth-order valence-electron chi connectivity index (χ4n) is 2.08. The number of nitrogens with zero attached hydrogens (tertiary/aromatic N) is 2. The number of ether oxygens (including phenoxy) is 1. The Labute approximate surface area is 102 Å². The third-order valence-electron chi connectivity index (χ3n) is 2.63. The molecule has 1 heterocycles. The highest BCUT2D eigenvalue weighted by molar-refractivity contribution is 5.94. The second-order valence-corrected chi connectivity index (χ2v) is 4.04. The van der Waals surface area contributed by atoms with E-state index in [1.807, 2.05) is 19.9 Å². The van der Waals surface area contributed by atoms with E-state index in [-0.39, 0.29) is 6.42 Å². The van der Waals surface area contributed by atoms with Gasteiger partial charge in [0.25, 0.3) is 0 Å². The number of aliphatic imine (C=N–C) groups is 1. The van der Waals surface area contributed by atoms with Crippen LogP contribution < -0.4 is 0 Å². The van der Waals surface area contributed by atoms with Gasteiger partial charge in [-0.15, -0.1) is 0 Å². The molecular formula is C12H20N2O3. The van der Waals surface area contributed by atoms with Gasteiger partial charge in [0.05, 0.1) is 6.61 Å². The van der Waals surface area contributed by atoms with E-state index >= 15 is 0 Å². The quantitative estimate of drug-likeness (QED) is 0.752. The Morgan fingerprint density at radius 1 is 1.53 bits per heavy atom. The van der Waals surface area contributed by atoms with Crippen molar-refractivity contribution in [2.24, 2.45) is 4.99 Å². The molecule has 5 nitrogen and oxygen atoms in total. The zero-order valence-corrected chi connectivity index (χ0v) is 10.9. The first kappa shape index (κ1) is 13.7. The van der Waals surface area contributed by atoms with Gasteiger partial charge >= 0.3 is 5.97 Å². The van der Waals surface area contributed by atoms with Crippen LogP contribution in [0.2, 0.25) is 0 Å². The number of carbonyl (C=O) groups excluding carboxylic acids is 1. The van der Waals surface area contributed by atoms with Crippen LogP contribution in [0.4, 0.5) is 0 Å². The molecule has 0 aliphatic carbocycles. The van der Waals surface area contributed by atoms with Crippen LogP contribution in [-0.4, -0.2) is 40.7 Å². The molecule has 5 heteroatoms. The molecule has 0 radical (unpaired) electrons. The van der Waals surface area contributed by atoms with Crippen LogP contribution in [0.3, 0.4) is 0 Å². The Hall–Kier alpha value is -1.36. The van der Waals surface area contributed by atoms with Gasteiger partial charge in [0.1, 0.15) is 6.42 Å². The van der Waals surface area contributed by atoms with E-state index in [1.54, 1.807) is 18.7 Å². The smallest absolute Gasteiger partial charge is 0.312 e. The number of allylic oxidation sites excluding steroid dienone is 2. The van der Waals surface area contributed by atoms with Crippen molar-refractivity contribution >= 4 is 11.7 Å². The van der Waals surface area contributed by atoms with Gasteiger partial charge in [-0.05, 0) is 33.8 Å². The predicted octanol–water partition coefficient (Wildman–Crippen LogP) is 1.29. The molecule has 0 saturated carbocycles. The largest absolute Gasteiger partial charge is 0.466 e. The van der Waals surface area contributed by atoms with Crippen molar-refractivity contribution in [3.05, 3.63) is 11.8 Å². The lowest BCUT2D eigenvalue weighted by atomic mass is 10.1. The van der Waals surface area contributed by atoms with E-state index in [0.717, 1.165) is 5.70 Å². The molecule has 0 fully saturated rings. The average Bonchev–Trinajstić information content (AvgIpc) is 2.15. The molecule has 1 aliphatic heterocycles. The van der Waals surface area contributed by atoms with E-state index in [4.69, 9.17) is 4.74 Å². The fraction of sp³-hybridized carbons (Fsp3) is 0.667. The van der Waals surface area contributed by atoms with E-state index < -0.39 is 11.8 Å². The Kier molecular flexibility index (Phi) is 4.28. The first-order valence-corrected chi connectivity index (χ1v) is 5.83. The van der Waals surface area contributed by atoms with Crippen LogP contribution in [-0.2, 0) is 9.53 Å². The summed E-state index contributed by atoms with van der Waals surface area (Å²) in [4.78, 5) is 17.3. The van der Waals surface area contributed by atoms with Crippen molar-refractivity contribution in [1.29, 1.82) is 0 Å². The number of rotatable bonds is 4. The Morgan fingerprint density at radius 2 is 2.18 bits per heavy atom. The molecule has 0 amide bonds. The van der Waals surface area contributed by atoms with Gasteiger partial charge in [-0.1, -0.05) is 0 Å². The van der Waals surface area contributed by atoms with Crippen LogP contribution >= 0.6 is 0 Å². The maximum absolute atomic E-state index is 11.5. The first-order valence-electron chi connectivity index (χ1n) is 5.83. The average molecular weight is 240 g/mol. The molecule has 1 rings (SSSR count). The Bertz CT molecular complexity index is 363. The topological polar surface area (TPSA) is 62.1 Å². The number of aliphatic hydroxyl groups is 1. The van der Waals surface area contributed by atoms with Gasteiger partial charge in [0.2, 0.25) is 5.85 Å². The maximum Gasteiger partial charge on any atom is 0.312 e. The summed E-state index contributed by atoms with van der Waals surface area (Å²) in [5.41, 5.74) is 1.60. The minimum Gasteiger partial charge on any atom is -0.466 e. The molecule has 17 heavy (non-hydrogen) atoms. The zero-order valence-electron chi connectivity index (χ0n) is 10.9. The van der Waals surface area contributed by atoms with Crippen LogP contribution in [0.25, 0.3) is 0 Å². The Morgan fingerprint density at radius 3 is 2.71 bits per heavy atom. The number of hydrogen-bond donors (Lipinski definition) is 1. The van der Waals surface area contributed by atoms with Crippen molar-refractivity contribution < 1.29 is 14.6 Å². The highest BCUT2D eigenvalue weighted by Crippen LogP contribution is 2.27. The van der Waals surface area contributed by atoms with Crippen LogP contribution in [0.1, 0.15) is 34.1 Å². The van der Waals surface area contributed by atoms with E-state index in [9.17, 15) is 9.90 Å². The number of carbonyl (C=O) groups is 1. The van der Waals surface area contributed by atoms with Gasteiger partial charge in [-0.25, -0.2) is 4.99 Å². The molecular weight excluding hydrogens is 220 g/mol. The van der Waals surface area contributed by atoms with Gasteiger partial charge in [-0.2, -0.15) is 0 Å². The molecule has 1 aliphatic rings. The minimum absolute atomic E-state index is 0.156. The summed E-state index contributed by atoms with van der Waals surface area (Å²) in [6, 6.07) is 0. The normalized spacial score (nSPS) is 24.2. The number of hydrogen-bond acceptors (Lipinski definition) is 5. The molecule has 1 unspecified atom stereocenters. The van der Waals surface area contributed by atoms with E-state index in [1.165, 1.54) is 0 Å². The first-order chi connectivity index (χ1) is 7.92. The molecule has 0 bridgehead atoms. The highest BCUT2D eigenvalue weighted by Gasteiger charge is 2.38. The molecule has 96 valence electrons. The molecule has 0 aromatic carbocycles. The lowest BCUT2D eigenvalue weighted by Gasteiger charge is -2.40. The van der Waals surface area contributed by atoms with Crippen LogP contribution in [0, 0.1) is 0 Å². The fourth-order valence-corrected chi connectivity index (χ4v) is 2.08. The standard InChI is InChI=1S/C12H20N2O3/c1-5-14-10(4)7-9(3)13-12(14,16)8-11(15)17-6-2/h7,16H,5-6,8H2,1-4H3. The van der Waals surface area contributed by atoms with Crippen molar-refractivity contribution in [3.63, 3.8) is 0 Å². The Balaban J connectivity index is 2.92. The summed E-state index contributed by atoms with van der Waals surface area (Å²) in [7, 11) is 0. The van der Waals surface area contributed by atoms with E-state index in [0.29, 0.717) is 18.9 Å². The molecule has 1 N–H and O–H groups in total. The van der Waals surface area contributed by atoms with Gasteiger partial charge in [0.15, 0.2) is 0 Å². The minimum atomic E-state index is -1.51. The second-order valence-electron chi connectivity index (χ2n) is 4.04. The highest BCUT2D eigenvalue weighted by atomic mass is 16.5. The summed E-state index contributed by atoms with van der Waals surface area (Å²) in [5, 5.41) is 10.5. The molecule has 0 saturated heterocycles. The molecule has 0 spiro atoms. The van der Waals surface area contributed by atoms with Crippen molar-refractivity contribution in [2.75, 3.05) is 13.2 Å². The second kappa shape index (κ2) is 5.31. The van der Waals surface area contributed by atoms with Gasteiger partial charge in [-0.3, -0.25) is 4.79 Å². The summed E-state index contributed by atoms with van der Waals surface area (Å²) in [6.45, 7) is 8.21. The SMILES string of the molecule is CCOC(=O)CC1(O)N=C(C)C=C(C)N1CC. The summed E-state index contributed by atoms with van der Waals surface area (Å²) >= 11 is 0. The zero-order chi connectivity index (χ0) is 13.1. The number of esters is 1. The third kappa shape index (κ3) is 3.06. The predicted molar refractivity (Wildman–Crippen MR) is 65.4 cm³/mol. The van der Waals surface area contributed by atoms with Gasteiger partial charge in [0, 0.05) is 18.0 Å². The maximum atomic E-state index is 11.5. The van der Waals surface area contributed by atoms with Gasteiger partial charge < -0.3 is 14.7 Å². The van der Waals surface area contributed by atoms with Crippen LogP contribution in [0.5, 0.6) is 0 Å². The van der Waals surface area contributed by atoms with Crippen molar-refractivity contribution in [1.82, 2.24) is 4.90 Å².